The van der Waals surface area contributed by atoms with E-state index in [9.17, 15) is 10.1 Å². The van der Waals surface area contributed by atoms with E-state index in [1.165, 1.54) is 18.3 Å². The van der Waals surface area contributed by atoms with E-state index < -0.39 is 4.92 Å². The zero-order valence-corrected chi connectivity index (χ0v) is 16.1. The molecule has 0 unspecified atom stereocenters. The van der Waals surface area contributed by atoms with Crippen LogP contribution in [0.1, 0.15) is 6.92 Å². The highest BCUT2D eigenvalue weighted by Crippen LogP contribution is 2.34. The van der Waals surface area contributed by atoms with Crippen molar-refractivity contribution in [1.82, 2.24) is 20.3 Å². The van der Waals surface area contributed by atoms with Gasteiger partial charge in [0.25, 0.3) is 5.69 Å². The fourth-order valence-electron chi connectivity index (χ4n) is 2.33. The van der Waals surface area contributed by atoms with E-state index in [0.717, 1.165) is 0 Å². The Labute approximate surface area is 169 Å². The highest BCUT2D eigenvalue weighted by molar-refractivity contribution is 7.80. The molecule has 0 aliphatic heterocycles. The van der Waals surface area contributed by atoms with Crippen molar-refractivity contribution < 1.29 is 4.92 Å². The van der Waals surface area contributed by atoms with Crippen molar-refractivity contribution in [3.8, 4) is 0 Å². The number of nitrogens with zero attached hydrogens (tertiary/aromatic N) is 4. The predicted octanol–water partition coefficient (Wildman–Crippen LogP) is 3.22. The molecule has 3 rings (SSSR count). The van der Waals surface area contributed by atoms with Crippen molar-refractivity contribution in [2.45, 2.75) is 6.92 Å². The molecule has 144 valence electrons. The van der Waals surface area contributed by atoms with Gasteiger partial charge in [-0.3, -0.25) is 10.1 Å². The largest absolute Gasteiger partial charge is 0.397 e. The number of thiocarbonyl (C=S) groups is 1. The van der Waals surface area contributed by atoms with Crippen LogP contribution in [-0.2, 0) is 0 Å². The molecular weight excluding hydrogens is 404 g/mol. The molecule has 2 heterocycles. The highest BCUT2D eigenvalue weighted by atomic mass is 35.5. The van der Waals surface area contributed by atoms with Crippen molar-refractivity contribution >= 4 is 68.8 Å². The van der Waals surface area contributed by atoms with Crippen LogP contribution in [0.15, 0.2) is 30.5 Å². The van der Waals surface area contributed by atoms with Crippen LogP contribution in [0.2, 0.25) is 5.02 Å². The SMILES string of the molecule is CCNC(=S)Nc1ccc2ncc(Nc3c(N)cc([N+](=O)[O-])cc3Cl)nc2n1. The number of pyridine rings is 1. The lowest BCUT2D eigenvalue weighted by Gasteiger charge is -2.11. The summed E-state index contributed by atoms with van der Waals surface area (Å²) in [7, 11) is 0. The number of rotatable bonds is 5. The summed E-state index contributed by atoms with van der Waals surface area (Å²) in [6, 6.07) is 5.91. The maximum Gasteiger partial charge on any atom is 0.273 e. The zero-order valence-electron chi connectivity index (χ0n) is 14.6. The molecule has 0 saturated heterocycles. The van der Waals surface area contributed by atoms with Gasteiger partial charge in [-0.05, 0) is 31.3 Å². The van der Waals surface area contributed by atoms with Gasteiger partial charge in [0.15, 0.2) is 16.6 Å². The third kappa shape index (κ3) is 4.32. The summed E-state index contributed by atoms with van der Waals surface area (Å²) in [5.41, 5.74) is 7.03. The standard InChI is InChI=1S/C16H15ClN8O2S/c1-2-19-16(28)24-12-4-3-11-15(22-12)23-13(7-20-11)21-14-9(17)5-8(25(26)27)6-10(14)18/h3-7H,2,18H2,1H3,(H3,19,21,22,23,24,28). The van der Waals surface area contributed by atoms with Crippen LogP contribution in [-0.4, -0.2) is 31.5 Å². The molecule has 12 heteroatoms. The molecule has 1 aromatic carbocycles. The van der Waals surface area contributed by atoms with Crippen molar-refractivity contribution in [1.29, 1.82) is 0 Å². The van der Waals surface area contributed by atoms with Crippen LogP contribution in [0.5, 0.6) is 0 Å². The molecule has 0 bridgehead atoms. The van der Waals surface area contributed by atoms with Gasteiger partial charge in [0.05, 0.1) is 27.5 Å². The molecule has 28 heavy (non-hydrogen) atoms. The highest BCUT2D eigenvalue weighted by Gasteiger charge is 2.15. The van der Waals surface area contributed by atoms with Gasteiger partial charge in [0.1, 0.15) is 11.3 Å². The Morgan fingerprint density at radius 3 is 2.75 bits per heavy atom. The lowest BCUT2D eigenvalue weighted by molar-refractivity contribution is -0.384. The van der Waals surface area contributed by atoms with Crippen LogP contribution in [0.3, 0.4) is 0 Å². The molecule has 0 amide bonds. The molecular formula is C16H15ClN8O2S. The van der Waals surface area contributed by atoms with Gasteiger partial charge in [0, 0.05) is 18.7 Å². The minimum Gasteiger partial charge on any atom is -0.397 e. The third-order valence-electron chi connectivity index (χ3n) is 3.56. The summed E-state index contributed by atoms with van der Waals surface area (Å²) in [6.07, 6.45) is 1.48. The molecule has 5 N–H and O–H groups in total. The Morgan fingerprint density at radius 1 is 1.32 bits per heavy atom. The first-order valence-electron chi connectivity index (χ1n) is 8.06. The maximum atomic E-state index is 10.9. The molecule has 2 aromatic heterocycles. The number of non-ortho nitro benzene ring substituents is 1. The van der Waals surface area contributed by atoms with Crippen LogP contribution < -0.4 is 21.7 Å². The van der Waals surface area contributed by atoms with Crippen LogP contribution in [0, 0.1) is 10.1 Å². The van der Waals surface area contributed by atoms with E-state index in [0.29, 0.717) is 40.1 Å². The second-order valence-electron chi connectivity index (χ2n) is 5.55. The third-order valence-corrected chi connectivity index (χ3v) is 4.10. The number of aromatic nitrogens is 3. The van der Waals surface area contributed by atoms with Crippen molar-refractivity contribution in [3.05, 3.63) is 45.6 Å². The van der Waals surface area contributed by atoms with Crippen molar-refractivity contribution in [2.24, 2.45) is 0 Å². The van der Waals surface area contributed by atoms with E-state index in [-0.39, 0.29) is 16.4 Å². The van der Waals surface area contributed by atoms with Crippen molar-refractivity contribution in [3.63, 3.8) is 0 Å². The summed E-state index contributed by atoms with van der Waals surface area (Å²) >= 11 is 11.3. The van der Waals surface area contributed by atoms with E-state index in [2.05, 4.69) is 30.9 Å². The average molecular weight is 419 g/mol. The minimum absolute atomic E-state index is 0.0907. The Balaban J connectivity index is 1.90. The van der Waals surface area contributed by atoms with Crippen LogP contribution >= 0.6 is 23.8 Å². The van der Waals surface area contributed by atoms with Crippen molar-refractivity contribution in [2.75, 3.05) is 22.9 Å². The first kappa shape index (κ1) is 19.5. The summed E-state index contributed by atoms with van der Waals surface area (Å²) in [6.45, 7) is 2.62. The van der Waals surface area contributed by atoms with Crippen LogP contribution in [0.4, 0.5) is 28.7 Å². The minimum atomic E-state index is -0.571. The number of nitrogen functional groups attached to an aromatic ring is 1. The van der Waals surface area contributed by atoms with Gasteiger partial charge in [-0.2, -0.15) is 0 Å². The van der Waals surface area contributed by atoms with Crippen LogP contribution in [0.25, 0.3) is 11.2 Å². The Morgan fingerprint density at radius 2 is 2.07 bits per heavy atom. The monoisotopic (exact) mass is 418 g/mol. The summed E-state index contributed by atoms with van der Waals surface area (Å²) in [5, 5.41) is 20.3. The molecule has 0 saturated carbocycles. The van der Waals surface area contributed by atoms with Gasteiger partial charge in [-0.15, -0.1) is 0 Å². The fraction of sp³-hybridized carbons (Fsp3) is 0.125. The first-order valence-corrected chi connectivity index (χ1v) is 8.85. The number of nitro groups is 1. The zero-order chi connectivity index (χ0) is 20.3. The Kier molecular flexibility index (Phi) is 5.66. The van der Waals surface area contributed by atoms with Gasteiger partial charge in [-0.1, -0.05) is 11.6 Å². The second kappa shape index (κ2) is 8.15. The molecule has 10 nitrogen and oxygen atoms in total. The summed E-state index contributed by atoms with van der Waals surface area (Å²) < 4.78 is 0. The number of benzene rings is 1. The predicted molar refractivity (Wildman–Crippen MR) is 113 cm³/mol. The Bertz CT molecular complexity index is 1050. The molecule has 0 radical (unpaired) electrons. The van der Waals surface area contributed by atoms with Gasteiger partial charge in [-0.25, -0.2) is 15.0 Å². The van der Waals surface area contributed by atoms with E-state index in [1.54, 1.807) is 12.1 Å². The number of anilines is 4. The first-order chi connectivity index (χ1) is 13.4. The molecule has 3 aromatic rings. The smallest absolute Gasteiger partial charge is 0.273 e. The molecule has 0 aliphatic carbocycles. The topological polar surface area (TPSA) is 144 Å². The Hall–Kier alpha value is -3.31. The summed E-state index contributed by atoms with van der Waals surface area (Å²) in [5.74, 6) is 0.839. The van der Waals surface area contributed by atoms with Gasteiger partial charge in [0.2, 0.25) is 0 Å². The number of hydrogen-bond donors (Lipinski definition) is 4. The maximum absolute atomic E-state index is 10.9. The van der Waals surface area contributed by atoms with Gasteiger partial charge < -0.3 is 21.7 Å². The number of hydrogen-bond acceptors (Lipinski definition) is 8. The quantitative estimate of drug-likeness (QED) is 0.211. The molecule has 0 spiro atoms. The lowest BCUT2D eigenvalue weighted by Crippen LogP contribution is -2.28. The van der Waals surface area contributed by atoms with E-state index in [1.807, 2.05) is 6.92 Å². The van der Waals surface area contributed by atoms with E-state index in [4.69, 9.17) is 29.6 Å². The lowest BCUT2D eigenvalue weighted by atomic mass is 10.2. The molecule has 0 aliphatic rings. The number of nitrogens with two attached hydrogens (primary N) is 1. The molecule has 0 atom stereocenters. The number of nitrogens with one attached hydrogen (secondary N) is 3. The van der Waals surface area contributed by atoms with Gasteiger partial charge >= 0.3 is 0 Å². The normalized spacial score (nSPS) is 10.5. The summed E-state index contributed by atoms with van der Waals surface area (Å²) in [4.78, 5) is 23.4. The number of nitro benzene ring substituents is 1. The number of fused-ring (bicyclic) bond motifs is 1. The number of halogens is 1. The average Bonchev–Trinajstić information content (AvgIpc) is 2.64. The fourth-order valence-corrected chi connectivity index (χ4v) is 2.84. The second-order valence-corrected chi connectivity index (χ2v) is 6.37. The van der Waals surface area contributed by atoms with E-state index >= 15 is 0 Å². The molecule has 0 fully saturated rings.